The second-order valence-electron chi connectivity index (χ2n) is 10.4. The lowest BCUT2D eigenvalue weighted by Crippen LogP contribution is -2.46. The van der Waals surface area contributed by atoms with Crippen LogP contribution >= 0.6 is 36.1 Å². The van der Waals surface area contributed by atoms with Gasteiger partial charge in [-0.3, -0.25) is 27.7 Å². The molecule has 23 nitrogen and oxygen atoms in total. The Bertz CT molecular complexity index is 1580. The highest BCUT2D eigenvalue weighted by Crippen LogP contribution is 2.62. The molecule has 0 saturated carbocycles. The largest absolute Gasteiger partial charge is 0.483 e. The first-order valence-corrected chi connectivity index (χ1v) is 18.4. The summed E-state index contributed by atoms with van der Waals surface area (Å²) in [6.45, 7) is 1.72. The third-order valence-electron chi connectivity index (χ3n) is 6.21. The predicted octanol–water partition coefficient (Wildman–Crippen LogP) is -1.71. The van der Waals surface area contributed by atoms with Gasteiger partial charge in [0, 0.05) is 30.7 Å². The molecule has 47 heavy (non-hydrogen) atoms. The number of aliphatic hydroxyl groups is 2. The number of nitrogen functional groups attached to an aromatic ring is 1. The quantitative estimate of drug-likeness (QED) is 0.0635. The van der Waals surface area contributed by atoms with Gasteiger partial charge < -0.3 is 50.9 Å². The van der Waals surface area contributed by atoms with Crippen molar-refractivity contribution in [2.24, 2.45) is 5.41 Å². The maximum atomic E-state index is 12.7. The Morgan fingerprint density at radius 1 is 1.11 bits per heavy atom. The van der Waals surface area contributed by atoms with Crippen LogP contribution in [0.25, 0.3) is 11.2 Å². The van der Waals surface area contributed by atoms with Crippen LogP contribution in [0.3, 0.4) is 0 Å². The van der Waals surface area contributed by atoms with Crippen LogP contribution in [0.1, 0.15) is 26.5 Å². The van der Waals surface area contributed by atoms with Gasteiger partial charge in [0.2, 0.25) is 18.1 Å². The van der Waals surface area contributed by atoms with E-state index in [0.717, 1.165) is 17.2 Å². The molecule has 0 spiro atoms. The highest BCUT2D eigenvalue weighted by molar-refractivity contribution is 7.80. The van der Waals surface area contributed by atoms with Crippen molar-refractivity contribution in [1.29, 1.82) is 0 Å². The molecule has 1 saturated heterocycles. The van der Waals surface area contributed by atoms with Crippen LogP contribution in [0.15, 0.2) is 12.7 Å². The summed E-state index contributed by atoms with van der Waals surface area (Å²) >= 11 is 3.94. The molecular weight excluding hydrogens is 719 g/mol. The topological polar surface area (TPSA) is 347 Å². The number of hydrogen-bond donors (Lipinski definition) is 10. The molecule has 10 N–H and O–H groups in total. The SMILES string of the molecule is CC(C)(COP(=O)(O)OP(=O)(O)O[C@H]1O[C@@H](n2cnc3c(N)ncnc32)C(O)C1OP(=O)(O)O)[C@@H](O)C(=O)NCCC(=O)NCCS. The first kappa shape index (κ1) is 39.3. The number of aromatic nitrogens is 4. The van der Waals surface area contributed by atoms with Crippen LogP contribution in [-0.2, 0) is 45.9 Å². The van der Waals surface area contributed by atoms with E-state index >= 15 is 0 Å². The Labute approximate surface area is 271 Å². The van der Waals surface area contributed by atoms with E-state index in [9.17, 15) is 53.1 Å². The number of fused-ring (bicyclic) bond motifs is 1. The van der Waals surface area contributed by atoms with E-state index in [0.29, 0.717) is 12.3 Å². The van der Waals surface area contributed by atoms with E-state index in [1.165, 1.54) is 13.8 Å². The third-order valence-corrected chi connectivity index (χ3v) is 9.53. The van der Waals surface area contributed by atoms with Crippen molar-refractivity contribution in [2.75, 3.05) is 31.2 Å². The lowest BCUT2D eigenvalue weighted by Gasteiger charge is -2.30. The lowest BCUT2D eigenvalue weighted by molar-refractivity contribution is -0.137. The number of carbonyl (C=O) groups excluding carboxylic acids is 2. The maximum Gasteiger partial charge on any atom is 0.483 e. The molecule has 27 heteroatoms. The summed E-state index contributed by atoms with van der Waals surface area (Å²) in [6.07, 6.45) is -8.18. The highest BCUT2D eigenvalue weighted by atomic mass is 32.1. The zero-order valence-electron chi connectivity index (χ0n) is 24.5. The van der Waals surface area contributed by atoms with Crippen molar-refractivity contribution in [3.63, 3.8) is 0 Å². The summed E-state index contributed by atoms with van der Waals surface area (Å²) < 4.78 is 61.4. The molecule has 0 radical (unpaired) electrons. The number of rotatable bonds is 17. The molecule has 2 aromatic rings. The number of anilines is 1. The molecule has 0 aromatic carbocycles. The monoisotopic (exact) mass is 753 g/mol. The van der Waals surface area contributed by atoms with E-state index in [2.05, 4.69) is 47.0 Å². The number of hydrogen-bond acceptors (Lipinski definition) is 17. The highest BCUT2D eigenvalue weighted by Gasteiger charge is 2.53. The van der Waals surface area contributed by atoms with Crippen LogP contribution in [0, 0.1) is 5.41 Å². The number of aliphatic hydroxyl groups excluding tert-OH is 2. The minimum Gasteiger partial charge on any atom is -0.385 e. The number of ether oxygens (including phenoxy) is 1. The minimum absolute atomic E-state index is 0.0347. The van der Waals surface area contributed by atoms with Gasteiger partial charge in [-0.25, -0.2) is 28.6 Å². The molecule has 0 aliphatic carbocycles. The normalized spacial score (nSPS) is 23.6. The van der Waals surface area contributed by atoms with Crippen LogP contribution in [0.4, 0.5) is 5.82 Å². The maximum absolute atomic E-state index is 12.7. The summed E-state index contributed by atoms with van der Waals surface area (Å²) in [5, 5.41) is 26.0. The van der Waals surface area contributed by atoms with E-state index in [1.807, 2.05) is 0 Å². The van der Waals surface area contributed by atoms with Gasteiger partial charge in [-0.2, -0.15) is 16.9 Å². The van der Waals surface area contributed by atoms with Crippen LogP contribution < -0.4 is 16.4 Å². The number of nitrogens with zero attached hydrogens (tertiary/aromatic N) is 4. The van der Waals surface area contributed by atoms with Crippen molar-refractivity contribution < 1.29 is 75.7 Å². The minimum atomic E-state index is -5.77. The fourth-order valence-corrected chi connectivity index (χ4v) is 6.89. The molecule has 1 aliphatic rings. The molecule has 7 atom stereocenters. The van der Waals surface area contributed by atoms with E-state index in [4.69, 9.17) is 19.5 Å². The Kier molecular flexibility index (Phi) is 13.1. The Morgan fingerprint density at radius 2 is 1.79 bits per heavy atom. The summed E-state index contributed by atoms with van der Waals surface area (Å²) in [6, 6.07) is 0. The van der Waals surface area contributed by atoms with Crippen molar-refractivity contribution in [3.8, 4) is 0 Å². The number of carbonyl (C=O) groups is 2. The average molecular weight is 754 g/mol. The number of imidazole rings is 1. The molecule has 3 rings (SSSR count). The Hall–Kier alpha value is -2.11. The molecule has 2 aromatic heterocycles. The average Bonchev–Trinajstić information content (AvgIpc) is 3.50. The van der Waals surface area contributed by atoms with E-state index < -0.39 is 72.2 Å². The molecule has 3 heterocycles. The van der Waals surface area contributed by atoms with Crippen LogP contribution in [0.5, 0.6) is 0 Å². The number of phosphoric acid groups is 3. The molecule has 1 fully saturated rings. The van der Waals surface area contributed by atoms with Gasteiger partial charge in [-0.1, -0.05) is 13.8 Å². The Balaban J connectivity index is 1.66. The van der Waals surface area contributed by atoms with Gasteiger partial charge in [0.25, 0.3) is 0 Å². The second kappa shape index (κ2) is 15.6. The first-order chi connectivity index (χ1) is 21.7. The Morgan fingerprint density at radius 3 is 2.43 bits per heavy atom. The zero-order valence-corrected chi connectivity index (χ0v) is 28.1. The molecule has 2 amide bonds. The number of nitrogens with two attached hydrogens (primary N) is 1. The molecule has 4 unspecified atom stereocenters. The number of thiol groups is 1. The molecule has 0 bridgehead atoms. The predicted molar refractivity (Wildman–Crippen MR) is 159 cm³/mol. The van der Waals surface area contributed by atoms with Crippen molar-refractivity contribution in [2.45, 2.75) is 51.1 Å². The van der Waals surface area contributed by atoms with Gasteiger partial charge >= 0.3 is 23.5 Å². The molecule has 1 aliphatic heterocycles. The first-order valence-electron chi connectivity index (χ1n) is 13.2. The van der Waals surface area contributed by atoms with Crippen molar-refractivity contribution in [3.05, 3.63) is 12.7 Å². The molecule has 266 valence electrons. The van der Waals surface area contributed by atoms with Gasteiger partial charge in [0.15, 0.2) is 23.8 Å². The number of amides is 2. The standard InChI is InChI=1S/C20H34N7O16P3S/c1-20(2,14(30)17(31)23-4-3-10(28)22-5-6-47)7-39-45(35,36)43-46(37,38)42-19-13(41-44(32,33)34)12(29)18(40-19)27-9-26-11-15(21)24-8-25-16(11)27/h8-9,12-14,18-19,29-30,47H,3-7H2,1-2H3,(H,22,28)(H,23,31)(H,35,36)(H,37,38)(H2,21,24,25)(H2,32,33,34)/t12?,13?,14-,18+,19+/m0/s1. The van der Waals surface area contributed by atoms with E-state index in [1.54, 1.807) is 0 Å². The van der Waals surface area contributed by atoms with Crippen LogP contribution in [0.2, 0.25) is 0 Å². The number of nitrogens with one attached hydrogen (secondary N) is 2. The summed E-state index contributed by atoms with van der Waals surface area (Å²) in [5.74, 6) is -1.02. The molecular formula is C20H34N7O16P3S. The fourth-order valence-electron chi connectivity index (χ4n) is 3.93. The van der Waals surface area contributed by atoms with Crippen molar-refractivity contribution in [1.82, 2.24) is 30.2 Å². The summed E-state index contributed by atoms with van der Waals surface area (Å²) in [7, 11) is -16.8. The summed E-state index contributed by atoms with van der Waals surface area (Å²) in [4.78, 5) is 74.6. The zero-order chi connectivity index (χ0) is 35.4. The van der Waals surface area contributed by atoms with Crippen LogP contribution in [-0.4, -0.2) is 111 Å². The fraction of sp³-hybridized carbons (Fsp3) is 0.650. The van der Waals surface area contributed by atoms with Gasteiger partial charge in [0.1, 0.15) is 24.1 Å². The van der Waals surface area contributed by atoms with Gasteiger partial charge in [-0.05, 0) is 0 Å². The van der Waals surface area contributed by atoms with Gasteiger partial charge in [0.05, 0.1) is 12.9 Å². The summed E-state index contributed by atoms with van der Waals surface area (Å²) in [5.41, 5.74) is 4.11. The van der Waals surface area contributed by atoms with Gasteiger partial charge in [-0.15, -0.1) is 0 Å². The second-order valence-corrected chi connectivity index (χ2v) is 15.1. The lowest BCUT2D eigenvalue weighted by atomic mass is 9.87. The number of phosphoric ester groups is 3. The van der Waals surface area contributed by atoms with Crippen molar-refractivity contribution >= 4 is 64.9 Å². The van der Waals surface area contributed by atoms with E-state index in [-0.39, 0.29) is 35.9 Å². The third kappa shape index (κ3) is 10.9. The smallest absolute Gasteiger partial charge is 0.385 e.